The minimum Gasteiger partial charge on any atom is -0.486 e. The Morgan fingerprint density at radius 1 is 1.21 bits per heavy atom. The van der Waals surface area contributed by atoms with Crippen molar-refractivity contribution in [2.45, 2.75) is 11.8 Å². The fourth-order valence-corrected chi connectivity index (χ4v) is 3.03. The van der Waals surface area contributed by atoms with Crippen molar-refractivity contribution in [3.63, 3.8) is 0 Å². The van der Waals surface area contributed by atoms with Gasteiger partial charge >= 0.3 is 0 Å². The van der Waals surface area contributed by atoms with Gasteiger partial charge in [-0.1, -0.05) is 29.4 Å². The molecule has 9 heteroatoms. The topological polar surface area (TPSA) is 78.6 Å². The molecule has 3 heterocycles. The van der Waals surface area contributed by atoms with E-state index < -0.39 is 0 Å². The van der Waals surface area contributed by atoms with E-state index in [1.54, 1.807) is 41.4 Å². The van der Waals surface area contributed by atoms with Crippen molar-refractivity contribution in [3.8, 4) is 17.3 Å². The standard InChI is InChI=1S/C19H15ClN4O3S/c1-28-19-23-22-18(17-6-3-9-25-17)24(19)21-11-15-7-8-16(27-15)12-26-14-5-2-4-13(20)10-14/h2-11H,12H2,1H3/b21-11+. The number of aromatic nitrogens is 3. The summed E-state index contributed by atoms with van der Waals surface area (Å²) in [5.74, 6) is 3.02. The van der Waals surface area contributed by atoms with Crippen LogP contribution in [0.1, 0.15) is 11.5 Å². The smallest absolute Gasteiger partial charge is 0.221 e. The maximum absolute atomic E-state index is 5.95. The van der Waals surface area contributed by atoms with Gasteiger partial charge in [-0.05, 0) is 48.7 Å². The van der Waals surface area contributed by atoms with Crippen LogP contribution in [0, 0.1) is 0 Å². The number of hydrogen-bond donors (Lipinski definition) is 0. The molecule has 0 bridgehead atoms. The summed E-state index contributed by atoms with van der Waals surface area (Å²) in [4.78, 5) is 0. The van der Waals surface area contributed by atoms with Gasteiger partial charge in [0.2, 0.25) is 11.0 Å². The van der Waals surface area contributed by atoms with Gasteiger partial charge in [0.15, 0.2) is 5.76 Å². The Morgan fingerprint density at radius 3 is 2.93 bits per heavy atom. The van der Waals surface area contributed by atoms with Crippen molar-refractivity contribution in [2.24, 2.45) is 5.10 Å². The van der Waals surface area contributed by atoms with Crippen LogP contribution in [0.3, 0.4) is 0 Å². The third-order valence-corrected chi connectivity index (χ3v) is 4.55. The zero-order valence-corrected chi connectivity index (χ0v) is 16.4. The maximum atomic E-state index is 5.95. The average Bonchev–Trinajstić information content (AvgIpc) is 3.44. The summed E-state index contributed by atoms with van der Waals surface area (Å²) in [5.41, 5.74) is 0. The third kappa shape index (κ3) is 4.13. The molecular weight excluding hydrogens is 400 g/mol. The second kappa shape index (κ2) is 8.37. The predicted molar refractivity (Wildman–Crippen MR) is 107 cm³/mol. The Hall–Kier alpha value is -2.97. The molecule has 142 valence electrons. The lowest BCUT2D eigenvalue weighted by atomic mass is 10.3. The van der Waals surface area contributed by atoms with Gasteiger partial charge in [0.1, 0.15) is 23.9 Å². The monoisotopic (exact) mass is 414 g/mol. The molecule has 0 saturated carbocycles. The first kappa shape index (κ1) is 18.4. The molecule has 4 rings (SSSR count). The van der Waals surface area contributed by atoms with Crippen LogP contribution in [0.2, 0.25) is 5.02 Å². The molecular formula is C19H15ClN4O3S. The first-order chi connectivity index (χ1) is 13.7. The van der Waals surface area contributed by atoms with E-state index in [1.165, 1.54) is 11.8 Å². The lowest BCUT2D eigenvalue weighted by molar-refractivity contribution is 0.270. The molecule has 0 aliphatic carbocycles. The Morgan fingerprint density at radius 2 is 2.14 bits per heavy atom. The Kier molecular flexibility index (Phi) is 5.50. The Bertz CT molecular complexity index is 1090. The molecule has 0 fully saturated rings. The molecule has 0 N–H and O–H groups in total. The van der Waals surface area contributed by atoms with Gasteiger partial charge in [0, 0.05) is 5.02 Å². The highest BCUT2D eigenvalue weighted by atomic mass is 35.5. The van der Waals surface area contributed by atoms with E-state index in [1.807, 2.05) is 30.5 Å². The normalized spacial score (nSPS) is 11.4. The molecule has 1 aromatic carbocycles. The van der Waals surface area contributed by atoms with E-state index in [9.17, 15) is 0 Å². The molecule has 0 atom stereocenters. The fraction of sp³-hybridized carbons (Fsp3) is 0.105. The zero-order valence-electron chi connectivity index (χ0n) is 14.8. The van der Waals surface area contributed by atoms with Gasteiger partial charge in [0.05, 0.1) is 12.5 Å². The predicted octanol–water partition coefficient (Wildman–Crippen LogP) is 4.97. The molecule has 0 unspecified atom stereocenters. The van der Waals surface area contributed by atoms with Crippen LogP contribution < -0.4 is 4.74 Å². The van der Waals surface area contributed by atoms with Crippen molar-refractivity contribution in [2.75, 3.05) is 6.26 Å². The van der Waals surface area contributed by atoms with Crippen LogP contribution in [-0.2, 0) is 6.61 Å². The highest BCUT2D eigenvalue weighted by Gasteiger charge is 2.15. The summed E-state index contributed by atoms with van der Waals surface area (Å²) < 4.78 is 18.4. The van der Waals surface area contributed by atoms with Gasteiger partial charge in [-0.3, -0.25) is 0 Å². The summed E-state index contributed by atoms with van der Waals surface area (Å²) in [5, 5.41) is 14.0. The van der Waals surface area contributed by atoms with Crippen molar-refractivity contribution >= 4 is 29.6 Å². The number of nitrogens with zero attached hydrogens (tertiary/aromatic N) is 4. The number of hydrogen-bond acceptors (Lipinski definition) is 7. The minimum absolute atomic E-state index is 0.286. The minimum atomic E-state index is 0.286. The molecule has 4 aromatic rings. The van der Waals surface area contributed by atoms with Crippen LogP contribution in [0.4, 0.5) is 0 Å². The van der Waals surface area contributed by atoms with Gasteiger partial charge in [0.25, 0.3) is 0 Å². The summed E-state index contributed by atoms with van der Waals surface area (Å²) in [6.07, 6.45) is 5.08. The lowest BCUT2D eigenvalue weighted by Crippen LogP contribution is -1.95. The Balaban J connectivity index is 1.48. The van der Waals surface area contributed by atoms with Crippen LogP contribution in [-0.4, -0.2) is 27.3 Å². The zero-order chi connectivity index (χ0) is 19.3. The molecule has 0 spiro atoms. The van der Waals surface area contributed by atoms with Crippen LogP contribution in [0.5, 0.6) is 5.75 Å². The second-order valence-electron chi connectivity index (χ2n) is 5.59. The molecule has 0 radical (unpaired) electrons. The van der Waals surface area contributed by atoms with Crippen LogP contribution in [0.25, 0.3) is 11.6 Å². The van der Waals surface area contributed by atoms with Gasteiger partial charge in [-0.2, -0.15) is 9.78 Å². The molecule has 3 aromatic heterocycles. The quantitative estimate of drug-likeness (QED) is 0.314. The molecule has 0 saturated heterocycles. The van der Waals surface area contributed by atoms with E-state index in [0.717, 1.165) is 0 Å². The second-order valence-corrected chi connectivity index (χ2v) is 6.80. The largest absolute Gasteiger partial charge is 0.486 e. The number of rotatable bonds is 7. The molecule has 7 nitrogen and oxygen atoms in total. The van der Waals surface area contributed by atoms with E-state index >= 15 is 0 Å². The first-order valence-corrected chi connectivity index (χ1v) is 9.88. The Labute approximate surface area is 170 Å². The van der Waals surface area contributed by atoms with E-state index in [4.69, 9.17) is 25.2 Å². The van der Waals surface area contributed by atoms with Crippen molar-refractivity contribution in [1.29, 1.82) is 0 Å². The van der Waals surface area contributed by atoms with Gasteiger partial charge in [-0.15, -0.1) is 10.2 Å². The third-order valence-electron chi connectivity index (χ3n) is 3.70. The average molecular weight is 415 g/mol. The molecule has 0 aliphatic heterocycles. The van der Waals surface area contributed by atoms with E-state index in [-0.39, 0.29) is 6.61 Å². The van der Waals surface area contributed by atoms with Gasteiger partial charge < -0.3 is 13.6 Å². The number of benzene rings is 1. The van der Waals surface area contributed by atoms with Crippen molar-refractivity contribution < 1.29 is 13.6 Å². The van der Waals surface area contributed by atoms with Crippen LogP contribution >= 0.6 is 23.4 Å². The summed E-state index contributed by atoms with van der Waals surface area (Å²) in [7, 11) is 0. The highest BCUT2D eigenvalue weighted by Crippen LogP contribution is 2.23. The number of ether oxygens (including phenoxy) is 1. The van der Waals surface area contributed by atoms with E-state index in [0.29, 0.717) is 39.0 Å². The van der Waals surface area contributed by atoms with E-state index in [2.05, 4.69) is 15.3 Å². The fourth-order valence-electron chi connectivity index (χ4n) is 2.42. The molecule has 0 amide bonds. The maximum Gasteiger partial charge on any atom is 0.221 e. The molecule has 0 aliphatic rings. The number of thioether (sulfide) groups is 1. The first-order valence-electron chi connectivity index (χ1n) is 8.27. The highest BCUT2D eigenvalue weighted by molar-refractivity contribution is 7.98. The lowest BCUT2D eigenvalue weighted by Gasteiger charge is -2.03. The summed E-state index contributed by atoms with van der Waals surface area (Å²) >= 11 is 7.39. The number of furan rings is 2. The SMILES string of the molecule is CSc1nnc(-c2ccco2)n1/N=C/c1ccc(COc2cccc(Cl)c2)o1. The van der Waals surface area contributed by atoms with Crippen molar-refractivity contribution in [3.05, 3.63) is 71.3 Å². The van der Waals surface area contributed by atoms with Gasteiger partial charge in [-0.25, -0.2) is 0 Å². The van der Waals surface area contributed by atoms with Crippen molar-refractivity contribution in [1.82, 2.24) is 14.9 Å². The van der Waals surface area contributed by atoms with Crippen LogP contribution in [0.15, 0.2) is 73.9 Å². The molecule has 28 heavy (non-hydrogen) atoms. The summed E-state index contributed by atoms with van der Waals surface area (Å²) in [6.45, 7) is 0.286. The summed E-state index contributed by atoms with van der Waals surface area (Å²) in [6, 6.07) is 14.4. The number of halogens is 1.